The van der Waals surface area contributed by atoms with E-state index in [2.05, 4.69) is 0 Å². The van der Waals surface area contributed by atoms with E-state index in [1.54, 1.807) is 19.1 Å². The summed E-state index contributed by atoms with van der Waals surface area (Å²) >= 11 is 0. The number of likely N-dealkylation sites (N-methyl/N-ethyl adjacent to an activating group) is 1. The van der Waals surface area contributed by atoms with Gasteiger partial charge in [-0.2, -0.15) is 4.31 Å². The number of benzene rings is 1. The van der Waals surface area contributed by atoms with E-state index in [9.17, 15) is 8.42 Å². The van der Waals surface area contributed by atoms with Crippen LogP contribution in [-0.4, -0.2) is 38.8 Å². The molecule has 0 saturated carbocycles. The second kappa shape index (κ2) is 5.36. The lowest BCUT2D eigenvalue weighted by molar-refractivity contribution is 0.414. The third-order valence-corrected chi connectivity index (χ3v) is 4.67. The highest BCUT2D eigenvalue weighted by Gasteiger charge is 2.26. The van der Waals surface area contributed by atoms with Gasteiger partial charge in [0.15, 0.2) is 0 Å². The van der Waals surface area contributed by atoms with Gasteiger partial charge in [0.05, 0.1) is 18.0 Å². The fourth-order valence-corrected chi connectivity index (χ4v) is 2.66. The molecule has 0 aliphatic heterocycles. The number of ether oxygens (including phenoxy) is 1. The minimum atomic E-state index is -3.65. The summed E-state index contributed by atoms with van der Waals surface area (Å²) in [6, 6.07) is 5.37. The first-order valence-electron chi connectivity index (χ1n) is 5.26. The summed E-state index contributed by atoms with van der Waals surface area (Å²) in [4.78, 5) is 0.138. The van der Waals surface area contributed by atoms with Crippen molar-refractivity contribution in [2.45, 2.75) is 17.9 Å². The molecule has 0 aliphatic rings. The molecule has 0 aromatic heterocycles. The van der Waals surface area contributed by atoms with E-state index in [0.717, 1.165) is 4.31 Å². The molecule has 0 saturated heterocycles. The highest BCUT2D eigenvalue weighted by Crippen LogP contribution is 2.19. The molecule has 100 valence electrons. The largest absolute Gasteiger partial charge is 0.497 e. The van der Waals surface area contributed by atoms with Crippen molar-refractivity contribution in [2.75, 3.05) is 14.2 Å². The second-order valence-corrected chi connectivity index (χ2v) is 5.83. The van der Waals surface area contributed by atoms with Gasteiger partial charge in [-0.3, -0.25) is 5.41 Å². The van der Waals surface area contributed by atoms with Crippen LogP contribution in [0.25, 0.3) is 0 Å². The minimum absolute atomic E-state index is 0.138. The first-order chi connectivity index (χ1) is 8.30. The summed E-state index contributed by atoms with van der Waals surface area (Å²) < 4.78 is 30.5. The van der Waals surface area contributed by atoms with Crippen LogP contribution < -0.4 is 10.5 Å². The van der Waals surface area contributed by atoms with E-state index >= 15 is 0 Å². The van der Waals surface area contributed by atoms with E-state index in [4.69, 9.17) is 15.9 Å². The first-order valence-corrected chi connectivity index (χ1v) is 6.70. The number of hydrogen-bond donors (Lipinski definition) is 2. The van der Waals surface area contributed by atoms with E-state index in [0.29, 0.717) is 5.75 Å². The predicted molar refractivity (Wildman–Crippen MR) is 69.3 cm³/mol. The average Bonchev–Trinajstić information content (AvgIpc) is 2.36. The third-order valence-electron chi connectivity index (χ3n) is 2.73. The number of nitrogens with zero attached hydrogens (tertiary/aromatic N) is 1. The van der Waals surface area contributed by atoms with Crippen LogP contribution in [0, 0.1) is 5.41 Å². The maximum absolute atomic E-state index is 12.2. The topological polar surface area (TPSA) is 96.5 Å². The number of nitrogens with two attached hydrogens (primary N) is 1. The van der Waals surface area contributed by atoms with Crippen LogP contribution in [0.1, 0.15) is 6.92 Å². The van der Waals surface area contributed by atoms with Gasteiger partial charge in [0.1, 0.15) is 11.6 Å². The van der Waals surface area contributed by atoms with E-state index < -0.39 is 16.1 Å². The molecular weight excluding hydrogens is 254 g/mol. The molecule has 3 N–H and O–H groups in total. The average molecular weight is 271 g/mol. The molecular formula is C11H17N3O3S. The first kappa shape index (κ1) is 14.5. The van der Waals surface area contributed by atoms with Gasteiger partial charge in [0.25, 0.3) is 0 Å². The highest BCUT2D eigenvalue weighted by molar-refractivity contribution is 7.89. The Hall–Kier alpha value is -1.60. The zero-order chi connectivity index (χ0) is 13.9. The lowest BCUT2D eigenvalue weighted by atomic mass is 10.3. The normalized spacial score (nSPS) is 13.3. The van der Waals surface area contributed by atoms with E-state index in [1.807, 2.05) is 0 Å². The Labute approximate surface area is 107 Å². The van der Waals surface area contributed by atoms with Gasteiger partial charge in [-0.1, -0.05) is 0 Å². The van der Waals surface area contributed by atoms with Crippen LogP contribution in [0.4, 0.5) is 0 Å². The van der Waals surface area contributed by atoms with Crippen LogP contribution in [0.15, 0.2) is 29.2 Å². The van der Waals surface area contributed by atoms with Crippen molar-refractivity contribution in [3.63, 3.8) is 0 Å². The van der Waals surface area contributed by atoms with Crippen LogP contribution >= 0.6 is 0 Å². The number of nitrogens with one attached hydrogen (secondary N) is 1. The molecule has 0 spiro atoms. The van der Waals surface area contributed by atoms with Crippen molar-refractivity contribution >= 4 is 15.9 Å². The van der Waals surface area contributed by atoms with Gasteiger partial charge in [-0.05, 0) is 31.2 Å². The fourth-order valence-electron chi connectivity index (χ4n) is 1.32. The Kier molecular flexibility index (Phi) is 4.31. The van der Waals surface area contributed by atoms with Gasteiger partial charge < -0.3 is 10.5 Å². The maximum Gasteiger partial charge on any atom is 0.243 e. The Morgan fingerprint density at radius 2 is 1.89 bits per heavy atom. The Balaban J connectivity index is 3.09. The quantitative estimate of drug-likeness (QED) is 0.606. The van der Waals surface area contributed by atoms with Crippen molar-refractivity contribution < 1.29 is 13.2 Å². The summed E-state index contributed by atoms with van der Waals surface area (Å²) in [7, 11) is -0.749. The number of methoxy groups -OCH3 is 1. The molecule has 0 fully saturated rings. The predicted octanol–water partition coefficient (Wildman–Crippen LogP) is 0.640. The van der Waals surface area contributed by atoms with Crippen LogP contribution in [0.3, 0.4) is 0 Å². The van der Waals surface area contributed by atoms with E-state index in [-0.39, 0.29) is 10.7 Å². The van der Waals surface area contributed by atoms with Crippen molar-refractivity contribution in [3.8, 4) is 5.75 Å². The zero-order valence-electron chi connectivity index (χ0n) is 10.5. The minimum Gasteiger partial charge on any atom is -0.497 e. The van der Waals surface area contributed by atoms with E-state index in [1.165, 1.54) is 26.3 Å². The molecule has 7 heteroatoms. The summed E-state index contributed by atoms with van der Waals surface area (Å²) in [5.74, 6) is 0.380. The molecule has 0 heterocycles. The smallest absolute Gasteiger partial charge is 0.243 e. The fraction of sp³-hybridized carbons (Fsp3) is 0.364. The molecule has 0 bridgehead atoms. The second-order valence-electron chi connectivity index (χ2n) is 3.83. The summed E-state index contributed by atoms with van der Waals surface area (Å²) in [6.45, 7) is 1.56. The standard InChI is InChI=1S/C11H17N3O3S/c1-8(11(12)13)14(2)18(15,16)10-6-4-9(17-3)5-7-10/h4-8H,1-3H3,(H3,12,13). The zero-order valence-corrected chi connectivity index (χ0v) is 11.4. The lowest BCUT2D eigenvalue weighted by Gasteiger charge is -2.23. The molecule has 1 aromatic carbocycles. The Bertz CT molecular complexity index is 525. The molecule has 6 nitrogen and oxygen atoms in total. The summed E-state index contributed by atoms with van der Waals surface area (Å²) in [5.41, 5.74) is 5.31. The highest BCUT2D eigenvalue weighted by atomic mass is 32.2. The Morgan fingerprint density at radius 3 is 2.28 bits per heavy atom. The molecule has 1 atom stereocenters. The van der Waals surface area contributed by atoms with Gasteiger partial charge in [0.2, 0.25) is 10.0 Å². The van der Waals surface area contributed by atoms with Crippen molar-refractivity contribution in [2.24, 2.45) is 5.73 Å². The van der Waals surface area contributed by atoms with Gasteiger partial charge in [-0.15, -0.1) is 0 Å². The number of rotatable bonds is 5. The number of hydrogen-bond acceptors (Lipinski definition) is 4. The third kappa shape index (κ3) is 2.80. The van der Waals surface area contributed by atoms with Gasteiger partial charge in [-0.25, -0.2) is 8.42 Å². The van der Waals surface area contributed by atoms with Gasteiger partial charge >= 0.3 is 0 Å². The molecule has 1 aromatic rings. The molecule has 0 aliphatic carbocycles. The number of sulfonamides is 1. The summed E-state index contributed by atoms with van der Waals surface area (Å²) in [6.07, 6.45) is 0. The molecule has 1 unspecified atom stereocenters. The van der Waals surface area contributed by atoms with Crippen molar-refractivity contribution in [1.29, 1.82) is 5.41 Å². The summed E-state index contributed by atoms with van der Waals surface area (Å²) in [5, 5.41) is 7.29. The van der Waals surface area contributed by atoms with Crippen LogP contribution in [-0.2, 0) is 10.0 Å². The van der Waals surface area contributed by atoms with Crippen molar-refractivity contribution in [1.82, 2.24) is 4.31 Å². The van der Waals surface area contributed by atoms with Gasteiger partial charge in [0, 0.05) is 7.05 Å². The SMILES string of the molecule is COc1ccc(S(=O)(=O)N(C)C(C)C(=N)N)cc1. The lowest BCUT2D eigenvalue weighted by Crippen LogP contribution is -2.43. The molecule has 1 rings (SSSR count). The Morgan fingerprint density at radius 1 is 1.39 bits per heavy atom. The molecule has 0 radical (unpaired) electrons. The van der Waals surface area contributed by atoms with Crippen molar-refractivity contribution in [3.05, 3.63) is 24.3 Å². The maximum atomic E-state index is 12.2. The molecule has 0 amide bonds. The molecule has 18 heavy (non-hydrogen) atoms. The number of amidine groups is 1. The van der Waals surface area contributed by atoms with Crippen LogP contribution in [0.5, 0.6) is 5.75 Å². The monoisotopic (exact) mass is 271 g/mol. The van der Waals surface area contributed by atoms with Crippen LogP contribution in [0.2, 0.25) is 0 Å².